The highest BCUT2D eigenvalue weighted by atomic mass is 32.1. The molecule has 2 aromatic heterocycles. The maximum absolute atomic E-state index is 13.1. The van der Waals surface area contributed by atoms with Crippen LogP contribution in [0.5, 0.6) is 0 Å². The Morgan fingerprint density at radius 3 is 2.81 bits per heavy atom. The Labute approximate surface area is 162 Å². The zero-order valence-electron chi connectivity index (χ0n) is 15.3. The van der Waals surface area contributed by atoms with E-state index in [4.69, 9.17) is 4.74 Å². The van der Waals surface area contributed by atoms with Crippen molar-refractivity contribution in [1.82, 2.24) is 14.8 Å². The molecule has 3 saturated heterocycles. The van der Waals surface area contributed by atoms with Gasteiger partial charge in [0.1, 0.15) is 5.69 Å². The summed E-state index contributed by atoms with van der Waals surface area (Å²) in [5, 5.41) is 0. The molecular formula is C20H23N3O3S. The maximum atomic E-state index is 13.1. The van der Waals surface area contributed by atoms with Gasteiger partial charge in [-0.25, -0.2) is 0 Å². The van der Waals surface area contributed by atoms with Crippen LogP contribution in [0.1, 0.15) is 37.9 Å². The van der Waals surface area contributed by atoms with Gasteiger partial charge < -0.3 is 14.5 Å². The highest BCUT2D eigenvalue weighted by Crippen LogP contribution is 2.31. The van der Waals surface area contributed by atoms with E-state index in [1.165, 1.54) is 11.3 Å². The number of fused-ring (bicyclic) bond motifs is 4. The minimum Gasteiger partial charge on any atom is -0.379 e. The minimum absolute atomic E-state index is 0.0414. The van der Waals surface area contributed by atoms with E-state index in [1.54, 1.807) is 19.4 Å². The maximum Gasteiger partial charge on any atom is 0.272 e. The number of ether oxygens (including phenoxy) is 1. The Morgan fingerprint density at radius 2 is 2.04 bits per heavy atom. The van der Waals surface area contributed by atoms with Crippen LogP contribution < -0.4 is 0 Å². The number of amides is 2. The van der Waals surface area contributed by atoms with Crippen LogP contribution >= 0.6 is 11.3 Å². The molecule has 2 bridgehead atoms. The summed E-state index contributed by atoms with van der Waals surface area (Å²) < 4.78 is 5.15. The topological polar surface area (TPSA) is 62.7 Å². The fourth-order valence-electron chi connectivity index (χ4n) is 4.00. The SMILES string of the molecule is COCc1ccc(C(=O)N2CC3CCC2CN(C(=O)c2ccccn2)C3)s1. The predicted molar refractivity (Wildman–Crippen MR) is 103 cm³/mol. The number of hydrogen-bond donors (Lipinski definition) is 0. The van der Waals surface area contributed by atoms with Crippen molar-refractivity contribution >= 4 is 23.2 Å². The van der Waals surface area contributed by atoms with Crippen LogP contribution in [0.2, 0.25) is 0 Å². The monoisotopic (exact) mass is 385 g/mol. The molecule has 0 aromatic carbocycles. The molecule has 2 amide bonds. The van der Waals surface area contributed by atoms with Crippen molar-refractivity contribution in [1.29, 1.82) is 0 Å². The van der Waals surface area contributed by atoms with E-state index in [1.807, 2.05) is 34.1 Å². The summed E-state index contributed by atoms with van der Waals surface area (Å²) in [4.78, 5) is 35.8. The van der Waals surface area contributed by atoms with Gasteiger partial charge in [0.2, 0.25) is 0 Å². The first-order chi connectivity index (χ1) is 13.2. The number of rotatable bonds is 4. The molecule has 5 rings (SSSR count). The van der Waals surface area contributed by atoms with Crippen molar-refractivity contribution in [3.63, 3.8) is 0 Å². The molecule has 2 aromatic rings. The van der Waals surface area contributed by atoms with E-state index in [-0.39, 0.29) is 17.9 Å². The number of piperidine rings is 1. The van der Waals surface area contributed by atoms with Gasteiger partial charge in [-0.05, 0) is 43.0 Å². The molecule has 3 aliphatic rings. The molecule has 0 saturated carbocycles. The van der Waals surface area contributed by atoms with E-state index in [0.717, 1.165) is 22.6 Å². The molecule has 7 heteroatoms. The largest absolute Gasteiger partial charge is 0.379 e. The number of nitrogens with zero attached hydrogens (tertiary/aromatic N) is 3. The highest BCUT2D eigenvalue weighted by Gasteiger charge is 2.39. The highest BCUT2D eigenvalue weighted by molar-refractivity contribution is 7.14. The van der Waals surface area contributed by atoms with Crippen molar-refractivity contribution in [3.8, 4) is 0 Å². The van der Waals surface area contributed by atoms with Crippen LogP contribution in [0.4, 0.5) is 0 Å². The Balaban J connectivity index is 1.51. The van der Waals surface area contributed by atoms with Crippen molar-refractivity contribution < 1.29 is 14.3 Å². The van der Waals surface area contributed by atoms with Gasteiger partial charge in [-0.1, -0.05) is 6.07 Å². The number of carbonyl (C=O) groups is 2. The summed E-state index contributed by atoms with van der Waals surface area (Å²) in [6.45, 7) is 2.51. The molecule has 3 fully saturated rings. The van der Waals surface area contributed by atoms with Gasteiger partial charge in [-0.2, -0.15) is 0 Å². The Hall–Kier alpha value is -2.25. The summed E-state index contributed by atoms with van der Waals surface area (Å²) in [6.07, 6.45) is 3.64. The lowest BCUT2D eigenvalue weighted by molar-refractivity contribution is 0.0578. The number of methoxy groups -OCH3 is 1. The minimum atomic E-state index is -0.0414. The van der Waals surface area contributed by atoms with Crippen LogP contribution in [0.25, 0.3) is 0 Å². The quantitative estimate of drug-likeness (QED) is 0.812. The number of pyridine rings is 1. The van der Waals surface area contributed by atoms with E-state index in [0.29, 0.717) is 37.9 Å². The lowest BCUT2D eigenvalue weighted by atomic mass is 9.95. The molecule has 27 heavy (non-hydrogen) atoms. The van der Waals surface area contributed by atoms with Gasteiger partial charge >= 0.3 is 0 Å². The standard InChI is InChI=1S/C20H23N3O3S/c1-26-13-16-7-8-18(27-16)20(25)23-11-14-5-6-15(23)12-22(10-14)19(24)17-4-2-3-9-21-17/h2-4,7-9,14-15H,5-6,10-13H2,1H3. The molecule has 2 atom stereocenters. The molecule has 6 nitrogen and oxygen atoms in total. The molecule has 0 spiro atoms. The molecule has 5 heterocycles. The molecule has 3 aliphatic heterocycles. The Kier molecular flexibility index (Phi) is 5.22. The molecule has 0 radical (unpaired) electrons. The van der Waals surface area contributed by atoms with Crippen LogP contribution in [-0.4, -0.2) is 59.4 Å². The normalized spacial score (nSPS) is 22.0. The molecule has 142 valence electrons. The summed E-state index contributed by atoms with van der Waals surface area (Å²) in [5.74, 6) is 0.350. The molecular weight excluding hydrogens is 362 g/mol. The third-order valence-corrected chi connectivity index (χ3v) is 6.35. The van der Waals surface area contributed by atoms with Gasteiger partial charge in [-0.15, -0.1) is 11.3 Å². The fourth-order valence-corrected chi connectivity index (χ4v) is 4.94. The summed E-state index contributed by atoms with van der Waals surface area (Å²) in [7, 11) is 1.65. The van der Waals surface area contributed by atoms with Gasteiger partial charge in [0, 0.05) is 43.9 Å². The van der Waals surface area contributed by atoms with E-state index in [2.05, 4.69) is 4.98 Å². The number of aromatic nitrogens is 1. The molecule has 2 unspecified atom stereocenters. The van der Waals surface area contributed by atoms with E-state index >= 15 is 0 Å². The summed E-state index contributed by atoms with van der Waals surface area (Å²) >= 11 is 1.49. The van der Waals surface area contributed by atoms with E-state index < -0.39 is 0 Å². The average molecular weight is 385 g/mol. The first kappa shape index (κ1) is 18.1. The van der Waals surface area contributed by atoms with Crippen LogP contribution in [0.3, 0.4) is 0 Å². The van der Waals surface area contributed by atoms with Gasteiger partial charge in [0.05, 0.1) is 11.5 Å². The zero-order chi connectivity index (χ0) is 18.8. The first-order valence-electron chi connectivity index (χ1n) is 9.24. The van der Waals surface area contributed by atoms with Gasteiger partial charge in [0.15, 0.2) is 0 Å². The summed E-state index contributed by atoms with van der Waals surface area (Å²) in [6, 6.07) is 9.29. The van der Waals surface area contributed by atoms with Crippen molar-refractivity contribution in [2.75, 3.05) is 26.7 Å². The van der Waals surface area contributed by atoms with Crippen LogP contribution in [-0.2, 0) is 11.3 Å². The lowest BCUT2D eigenvalue weighted by Crippen LogP contribution is -2.47. The fraction of sp³-hybridized carbons (Fsp3) is 0.450. The van der Waals surface area contributed by atoms with Crippen molar-refractivity contribution in [2.45, 2.75) is 25.5 Å². The van der Waals surface area contributed by atoms with Crippen LogP contribution in [0, 0.1) is 5.92 Å². The second-order valence-electron chi connectivity index (χ2n) is 7.18. The van der Waals surface area contributed by atoms with Gasteiger partial charge in [-0.3, -0.25) is 14.6 Å². The lowest BCUT2D eigenvalue weighted by Gasteiger charge is -2.35. The summed E-state index contributed by atoms with van der Waals surface area (Å²) in [5.41, 5.74) is 0.471. The average Bonchev–Trinajstić information content (AvgIpc) is 2.97. The molecule has 0 aliphatic carbocycles. The molecule has 0 N–H and O–H groups in total. The zero-order valence-corrected chi connectivity index (χ0v) is 16.2. The second-order valence-corrected chi connectivity index (χ2v) is 8.35. The van der Waals surface area contributed by atoms with Gasteiger partial charge in [0.25, 0.3) is 11.8 Å². The number of thiophene rings is 1. The predicted octanol–water partition coefficient (Wildman–Crippen LogP) is 2.67. The van der Waals surface area contributed by atoms with Crippen molar-refractivity contribution in [2.24, 2.45) is 5.92 Å². The third kappa shape index (κ3) is 3.75. The second kappa shape index (κ2) is 7.78. The Morgan fingerprint density at radius 1 is 1.15 bits per heavy atom. The number of hydrogen-bond acceptors (Lipinski definition) is 5. The Bertz CT molecular complexity index is 823. The van der Waals surface area contributed by atoms with E-state index in [9.17, 15) is 9.59 Å². The number of carbonyl (C=O) groups excluding carboxylic acids is 2. The van der Waals surface area contributed by atoms with Crippen LogP contribution in [0.15, 0.2) is 36.5 Å². The first-order valence-corrected chi connectivity index (χ1v) is 10.1. The smallest absolute Gasteiger partial charge is 0.272 e. The third-order valence-electron chi connectivity index (χ3n) is 5.30. The van der Waals surface area contributed by atoms with Crippen molar-refractivity contribution in [3.05, 3.63) is 52.0 Å².